The molecule has 28 heavy (non-hydrogen) atoms. The van der Waals surface area contributed by atoms with Crippen LogP contribution in [-0.4, -0.2) is 31.2 Å². The molecule has 0 saturated carbocycles. The lowest BCUT2D eigenvalue weighted by molar-refractivity contribution is 0.0636. The van der Waals surface area contributed by atoms with Gasteiger partial charge < -0.3 is 15.4 Å². The highest BCUT2D eigenvalue weighted by Gasteiger charge is 2.16. The minimum Gasteiger partial charge on any atom is -0.444 e. The number of rotatable bonds is 6. The predicted octanol–water partition coefficient (Wildman–Crippen LogP) is 4.31. The maximum absolute atomic E-state index is 11.8. The molecule has 0 unspecified atom stereocenters. The van der Waals surface area contributed by atoms with Crippen LogP contribution < -0.4 is 16.0 Å². The van der Waals surface area contributed by atoms with Gasteiger partial charge in [0.1, 0.15) is 5.60 Å². The first-order chi connectivity index (χ1) is 13.2. The standard InChI is InChI=1S/C21H30N4O2S/c1-15-6-11-18(28-15)14-24-19(22-5)23-13-12-16-7-9-17(10-8-16)25-20(26)27-21(2,3)4/h6-11H,12-14H2,1-5H3,(H,25,26)(H2,22,23,24). The Labute approximate surface area is 171 Å². The molecule has 0 radical (unpaired) electrons. The minimum atomic E-state index is -0.509. The number of thiophene rings is 1. The first-order valence-corrected chi connectivity index (χ1v) is 10.2. The van der Waals surface area contributed by atoms with Gasteiger partial charge in [-0.3, -0.25) is 10.3 Å². The zero-order valence-electron chi connectivity index (χ0n) is 17.3. The third-order valence-corrected chi connectivity index (χ3v) is 4.76. The largest absolute Gasteiger partial charge is 0.444 e. The van der Waals surface area contributed by atoms with Crippen molar-refractivity contribution in [3.8, 4) is 0 Å². The second-order valence-electron chi connectivity index (χ2n) is 7.44. The van der Waals surface area contributed by atoms with Gasteiger partial charge in [-0.25, -0.2) is 4.79 Å². The first kappa shape index (κ1) is 21.8. The lowest BCUT2D eigenvalue weighted by Crippen LogP contribution is -2.37. The lowest BCUT2D eigenvalue weighted by Gasteiger charge is -2.19. The summed E-state index contributed by atoms with van der Waals surface area (Å²) in [6.45, 7) is 9.16. The number of amides is 1. The van der Waals surface area contributed by atoms with E-state index in [-0.39, 0.29) is 0 Å². The molecule has 0 saturated heterocycles. The van der Waals surface area contributed by atoms with Crippen molar-refractivity contribution in [1.29, 1.82) is 0 Å². The van der Waals surface area contributed by atoms with Crippen LogP contribution in [0.4, 0.5) is 10.5 Å². The third-order valence-electron chi connectivity index (χ3n) is 3.76. The van der Waals surface area contributed by atoms with E-state index >= 15 is 0 Å². The SMILES string of the molecule is CN=C(NCCc1ccc(NC(=O)OC(C)(C)C)cc1)NCc1ccc(C)s1. The van der Waals surface area contributed by atoms with Crippen molar-refractivity contribution < 1.29 is 9.53 Å². The Morgan fingerprint density at radius 1 is 1.11 bits per heavy atom. The van der Waals surface area contributed by atoms with E-state index in [1.165, 1.54) is 15.3 Å². The fraction of sp³-hybridized carbons (Fsp3) is 0.429. The van der Waals surface area contributed by atoms with E-state index in [1.807, 2.05) is 45.0 Å². The van der Waals surface area contributed by atoms with Crippen molar-refractivity contribution in [1.82, 2.24) is 10.6 Å². The highest BCUT2D eigenvalue weighted by molar-refractivity contribution is 7.11. The van der Waals surface area contributed by atoms with E-state index in [2.05, 4.69) is 40.0 Å². The predicted molar refractivity (Wildman–Crippen MR) is 117 cm³/mol. The fourth-order valence-corrected chi connectivity index (χ4v) is 3.30. The van der Waals surface area contributed by atoms with Crippen molar-refractivity contribution in [3.63, 3.8) is 0 Å². The summed E-state index contributed by atoms with van der Waals surface area (Å²) < 4.78 is 5.25. The number of hydrogen-bond donors (Lipinski definition) is 3. The van der Waals surface area contributed by atoms with E-state index < -0.39 is 11.7 Å². The fourth-order valence-electron chi connectivity index (χ4n) is 2.47. The molecule has 1 amide bonds. The molecule has 1 aromatic heterocycles. The molecule has 152 valence electrons. The maximum atomic E-state index is 11.8. The average Bonchev–Trinajstić information content (AvgIpc) is 3.03. The van der Waals surface area contributed by atoms with E-state index in [0.29, 0.717) is 0 Å². The summed E-state index contributed by atoms with van der Waals surface area (Å²) in [6, 6.07) is 12.0. The van der Waals surface area contributed by atoms with Gasteiger partial charge in [-0.2, -0.15) is 0 Å². The summed E-state index contributed by atoms with van der Waals surface area (Å²) >= 11 is 1.79. The molecule has 0 aliphatic carbocycles. The number of ether oxygens (including phenoxy) is 1. The second kappa shape index (κ2) is 10.1. The van der Waals surface area contributed by atoms with Gasteiger partial charge in [0, 0.05) is 29.0 Å². The molecular formula is C21H30N4O2S. The van der Waals surface area contributed by atoms with Gasteiger partial charge in [-0.1, -0.05) is 12.1 Å². The van der Waals surface area contributed by atoms with E-state index in [0.717, 1.165) is 31.2 Å². The van der Waals surface area contributed by atoms with Crippen LogP contribution in [0.1, 0.15) is 36.1 Å². The summed E-state index contributed by atoms with van der Waals surface area (Å²) in [6.07, 6.45) is 0.406. The molecule has 2 aromatic rings. The molecule has 0 aliphatic heterocycles. The van der Waals surface area contributed by atoms with Crippen LogP contribution in [0, 0.1) is 6.92 Å². The molecule has 0 bridgehead atoms. The van der Waals surface area contributed by atoms with Crippen molar-refractivity contribution in [2.75, 3.05) is 18.9 Å². The van der Waals surface area contributed by atoms with Gasteiger partial charge in [0.25, 0.3) is 0 Å². The van der Waals surface area contributed by atoms with Crippen LogP contribution in [0.15, 0.2) is 41.4 Å². The second-order valence-corrected chi connectivity index (χ2v) is 8.81. The van der Waals surface area contributed by atoms with Crippen LogP contribution in [0.2, 0.25) is 0 Å². The molecule has 1 aromatic carbocycles. The van der Waals surface area contributed by atoms with Gasteiger partial charge in [-0.05, 0) is 63.9 Å². The molecule has 7 heteroatoms. The number of carbonyl (C=O) groups excluding carboxylic acids is 1. The highest BCUT2D eigenvalue weighted by atomic mass is 32.1. The Bertz CT molecular complexity index is 791. The smallest absolute Gasteiger partial charge is 0.412 e. The molecule has 0 atom stereocenters. The Morgan fingerprint density at radius 3 is 2.39 bits per heavy atom. The topological polar surface area (TPSA) is 74.8 Å². The molecular weight excluding hydrogens is 372 g/mol. The molecule has 3 N–H and O–H groups in total. The van der Waals surface area contributed by atoms with Crippen molar-refractivity contribution >= 4 is 29.1 Å². The monoisotopic (exact) mass is 402 g/mol. The summed E-state index contributed by atoms with van der Waals surface area (Å²) in [5.74, 6) is 0.786. The number of benzene rings is 1. The summed E-state index contributed by atoms with van der Waals surface area (Å²) in [5.41, 5.74) is 1.38. The van der Waals surface area contributed by atoms with E-state index in [9.17, 15) is 4.79 Å². The minimum absolute atomic E-state index is 0.447. The number of anilines is 1. The van der Waals surface area contributed by atoms with Crippen LogP contribution in [0.3, 0.4) is 0 Å². The van der Waals surface area contributed by atoms with E-state index in [1.54, 1.807) is 18.4 Å². The zero-order chi connectivity index (χ0) is 20.6. The summed E-state index contributed by atoms with van der Waals surface area (Å²) in [7, 11) is 1.77. The summed E-state index contributed by atoms with van der Waals surface area (Å²) in [5, 5.41) is 9.38. The van der Waals surface area contributed by atoms with Gasteiger partial charge in [0.15, 0.2) is 5.96 Å². The molecule has 0 spiro atoms. The Kier molecular flexibility index (Phi) is 7.87. The van der Waals surface area contributed by atoms with Crippen LogP contribution in [-0.2, 0) is 17.7 Å². The number of carbonyl (C=O) groups is 1. The molecule has 0 fully saturated rings. The number of aliphatic imine (C=N–C) groups is 1. The van der Waals surface area contributed by atoms with Crippen molar-refractivity contribution in [2.45, 2.75) is 46.3 Å². The van der Waals surface area contributed by atoms with E-state index in [4.69, 9.17) is 4.74 Å². The Morgan fingerprint density at radius 2 is 1.82 bits per heavy atom. The third kappa shape index (κ3) is 8.00. The Balaban J connectivity index is 1.73. The van der Waals surface area contributed by atoms with Gasteiger partial charge in [-0.15, -0.1) is 11.3 Å². The quantitative estimate of drug-likeness (QED) is 0.497. The summed E-state index contributed by atoms with van der Waals surface area (Å²) in [4.78, 5) is 18.6. The Hall–Kier alpha value is -2.54. The van der Waals surface area contributed by atoms with Crippen LogP contribution >= 0.6 is 11.3 Å². The van der Waals surface area contributed by atoms with Crippen LogP contribution in [0.25, 0.3) is 0 Å². The van der Waals surface area contributed by atoms with Gasteiger partial charge in [0.05, 0.1) is 6.54 Å². The number of nitrogens with zero attached hydrogens (tertiary/aromatic N) is 1. The van der Waals surface area contributed by atoms with Gasteiger partial charge in [0.2, 0.25) is 0 Å². The molecule has 2 rings (SSSR count). The van der Waals surface area contributed by atoms with Gasteiger partial charge >= 0.3 is 6.09 Å². The lowest BCUT2D eigenvalue weighted by atomic mass is 10.1. The number of aryl methyl sites for hydroxylation is 1. The van der Waals surface area contributed by atoms with Crippen molar-refractivity contribution in [3.05, 3.63) is 51.7 Å². The normalized spacial score (nSPS) is 11.8. The first-order valence-electron chi connectivity index (χ1n) is 9.34. The average molecular weight is 403 g/mol. The maximum Gasteiger partial charge on any atom is 0.412 e. The number of guanidine groups is 1. The number of hydrogen-bond acceptors (Lipinski definition) is 4. The van der Waals surface area contributed by atoms with Crippen molar-refractivity contribution in [2.24, 2.45) is 4.99 Å². The highest BCUT2D eigenvalue weighted by Crippen LogP contribution is 2.15. The molecule has 0 aliphatic rings. The number of nitrogens with one attached hydrogen (secondary N) is 3. The van der Waals surface area contributed by atoms with Crippen LogP contribution in [0.5, 0.6) is 0 Å². The molecule has 1 heterocycles. The zero-order valence-corrected chi connectivity index (χ0v) is 18.1. The molecule has 6 nitrogen and oxygen atoms in total.